The Morgan fingerprint density at radius 1 is 0.781 bits per heavy atom. The molecule has 2 heterocycles. The van der Waals surface area contributed by atoms with Gasteiger partial charge in [0.05, 0.1) is 11.0 Å². The van der Waals surface area contributed by atoms with Crippen LogP contribution in [0.4, 0.5) is 11.4 Å². The number of anilines is 2. The summed E-state index contributed by atoms with van der Waals surface area (Å²) in [6.45, 7) is 3.06. The third kappa shape index (κ3) is 2.54. The minimum absolute atomic E-state index is 0.695. The quantitative estimate of drug-likeness (QED) is 0.300. The number of nitrogens with one attached hydrogen (secondary N) is 1. The van der Waals surface area contributed by atoms with Gasteiger partial charge in [-0.1, -0.05) is 42.5 Å². The van der Waals surface area contributed by atoms with Crippen molar-refractivity contribution in [2.45, 2.75) is 13.5 Å². The summed E-state index contributed by atoms with van der Waals surface area (Å²) in [6.07, 6.45) is 0. The average Bonchev–Trinajstić information content (AvgIpc) is 3.38. The molecule has 6 aromatic rings. The molecule has 5 heteroatoms. The lowest BCUT2D eigenvalue weighted by Gasteiger charge is -2.11. The molecule has 2 aromatic heterocycles. The molecule has 5 N–H and O–H groups in total. The van der Waals surface area contributed by atoms with Crippen LogP contribution in [0, 0.1) is 0 Å². The average molecular weight is 418 g/mol. The number of H-pyrrole nitrogens is 1. The van der Waals surface area contributed by atoms with Crippen LogP contribution in [0.5, 0.6) is 0 Å². The van der Waals surface area contributed by atoms with Gasteiger partial charge in [-0.3, -0.25) is 0 Å². The van der Waals surface area contributed by atoms with Crippen molar-refractivity contribution < 1.29 is 0 Å². The lowest BCUT2D eigenvalue weighted by atomic mass is 9.96. The van der Waals surface area contributed by atoms with E-state index in [-0.39, 0.29) is 0 Å². The van der Waals surface area contributed by atoms with E-state index in [1.54, 1.807) is 0 Å². The van der Waals surface area contributed by atoms with E-state index in [1.807, 2.05) is 42.5 Å². The van der Waals surface area contributed by atoms with Gasteiger partial charge in [-0.15, -0.1) is 0 Å². The number of aromatic nitrogens is 3. The number of fused-ring (bicyclic) bond motifs is 4. The summed E-state index contributed by atoms with van der Waals surface area (Å²) in [7, 11) is 0. The Labute approximate surface area is 185 Å². The number of rotatable bonds is 3. The molecule has 5 nitrogen and oxygen atoms in total. The highest BCUT2D eigenvalue weighted by molar-refractivity contribution is 6.19. The molecule has 0 amide bonds. The number of aromatic amines is 1. The molecule has 0 radical (unpaired) electrons. The van der Waals surface area contributed by atoms with Crippen LogP contribution < -0.4 is 11.5 Å². The lowest BCUT2D eigenvalue weighted by Crippen LogP contribution is -1.95. The van der Waals surface area contributed by atoms with E-state index in [0.29, 0.717) is 5.69 Å². The minimum atomic E-state index is 0.695. The van der Waals surface area contributed by atoms with Crippen molar-refractivity contribution in [2.75, 3.05) is 11.5 Å². The summed E-state index contributed by atoms with van der Waals surface area (Å²) in [5, 5.41) is 2.38. The maximum Gasteiger partial charge on any atom is 0.140 e. The molecule has 0 aliphatic rings. The predicted octanol–water partition coefficient (Wildman–Crippen LogP) is 6.19. The van der Waals surface area contributed by atoms with Crippen LogP contribution >= 0.6 is 0 Å². The van der Waals surface area contributed by atoms with Gasteiger partial charge in [0.1, 0.15) is 5.82 Å². The summed E-state index contributed by atoms with van der Waals surface area (Å²) in [5.41, 5.74) is 21.5. The molecule has 0 atom stereocenters. The number of nitrogen functional groups attached to an aromatic ring is 2. The highest BCUT2D eigenvalue weighted by Crippen LogP contribution is 2.42. The van der Waals surface area contributed by atoms with E-state index in [4.69, 9.17) is 16.5 Å². The third-order valence-electron chi connectivity index (χ3n) is 6.29. The summed E-state index contributed by atoms with van der Waals surface area (Å²) in [4.78, 5) is 8.37. The highest BCUT2D eigenvalue weighted by atomic mass is 15.0. The molecule has 0 aliphatic carbocycles. The topological polar surface area (TPSA) is 85.7 Å². The zero-order valence-corrected chi connectivity index (χ0v) is 17.8. The fraction of sp³-hybridized carbons (Fsp3) is 0.0741. The van der Waals surface area contributed by atoms with Gasteiger partial charge >= 0.3 is 0 Å². The van der Waals surface area contributed by atoms with E-state index >= 15 is 0 Å². The molecule has 0 saturated carbocycles. The number of hydrogen-bond donors (Lipinski definition) is 3. The summed E-state index contributed by atoms with van der Waals surface area (Å²) < 4.78 is 2.34. The van der Waals surface area contributed by atoms with Crippen LogP contribution in [-0.4, -0.2) is 14.5 Å². The Hall–Kier alpha value is -4.25. The van der Waals surface area contributed by atoms with Crippen LogP contribution in [0.2, 0.25) is 0 Å². The van der Waals surface area contributed by atoms with E-state index in [9.17, 15) is 0 Å². The maximum absolute atomic E-state index is 6.63. The Balaban J connectivity index is 1.71. The van der Waals surface area contributed by atoms with Crippen LogP contribution in [0.25, 0.3) is 55.4 Å². The standard InChI is InChI=1S/C27H23N5/c1-2-32-22-13-6-4-9-17(22)25-23(32)15-14-20(29)24(25)18-10-7-12-21-26(18)31-27(30-21)16-8-3-5-11-19(16)28/h3-15H,2,28-29H2,1H3,(H,30,31). The van der Waals surface area contributed by atoms with Crippen LogP contribution in [0.15, 0.2) is 78.9 Å². The van der Waals surface area contributed by atoms with Crippen molar-refractivity contribution >= 4 is 44.2 Å². The van der Waals surface area contributed by atoms with Crippen LogP contribution in [-0.2, 0) is 6.54 Å². The Bertz CT molecular complexity index is 1640. The first kappa shape index (κ1) is 18.5. The van der Waals surface area contributed by atoms with Crippen molar-refractivity contribution in [3.63, 3.8) is 0 Å². The van der Waals surface area contributed by atoms with Gasteiger partial charge in [0, 0.05) is 56.4 Å². The van der Waals surface area contributed by atoms with Crippen molar-refractivity contribution in [2.24, 2.45) is 0 Å². The van der Waals surface area contributed by atoms with Gasteiger partial charge < -0.3 is 21.0 Å². The second-order valence-corrected chi connectivity index (χ2v) is 8.06. The van der Waals surface area contributed by atoms with E-state index in [1.165, 1.54) is 21.8 Å². The van der Waals surface area contributed by atoms with Crippen molar-refractivity contribution in [1.82, 2.24) is 14.5 Å². The Morgan fingerprint density at radius 3 is 2.41 bits per heavy atom. The fourth-order valence-electron chi connectivity index (χ4n) is 4.87. The molecular weight excluding hydrogens is 394 g/mol. The number of nitrogens with two attached hydrogens (primary N) is 2. The number of aryl methyl sites for hydroxylation is 1. The van der Waals surface area contributed by atoms with Gasteiger partial charge in [0.15, 0.2) is 0 Å². The van der Waals surface area contributed by atoms with Crippen molar-refractivity contribution in [3.8, 4) is 22.5 Å². The second-order valence-electron chi connectivity index (χ2n) is 8.06. The smallest absolute Gasteiger partial charge is 0.140 e. The van der Waals surface area contributed by atoms with Crippen LogP contribution in [0.1, 0.15) is 6.92 Å². The molecule has 4 aromatic carbocycles. The normalized spacial score (nSPS) is 11.7. The molecule has 156 valence electrons. The van der Waals surface area contributed by atoms with E-state index < -0.39 is 0 Å². The highest BCUT2D eigenvalue weighted by Gasteiger charge is 2.19. The summed E-state index contributed by atoms with van der Waals surface area (Å²) >= 11 is 0. The monoisotopic (exact) mass is 417 g/mol. The Kier molecular flexibility index (Phi) is 3.98. The number of imidazole rings is 1. The van der Waals surface area contributed by atoms with Gasteiger partial charge in [-0.05, 0) is 43.3 Å². The largest absolute Gasteiger partial charge is 0.398 e. The molecule has 0 bridgehead atoms. The summed E-state index contributed by atoms with van der Waals surface area (Å²) in [6, 6.07) is 26.6. The Morgan fingerprint density at radius 2 is 1.56 bits per heavy atom. The molecule has 0 unspecified atom stereocenters. The zero-order valence-electron chi connectivity index (χ0n) is 17.8. The molecule has 0 saturated heterocycles. The van der Waals surface area contributed by atoms with E-state index in [2.05, 4.69) is 52.9 Å². The SMILES string of the molecule is CCn1c2ccccc2c2c(-c3cccc4nc(-c5ccccc5N)[nH]c34)c(N)ccc21. The predicted molar refractivity (Wildman–Crippen MR) is 134 cm³/mol. The van der Waals surface area contributed by atoms with E-state index in [0.717, 1.165) is 45.8 Å². The molecule has 6 rings (SSSR count). The number of benzene rings is 4. The molecule has 32 heavy (non-hydrogen) atoms. The first-order chi connectivity index (χ1) is 15.7. The molecular formula is C27H23N5. The maximum atomic E-state index is 6.63. The second kappa shape index (κ2) is 6.89. The first-order valence-electron chi connectivity index (χ1n) is 10.8. The fourth-order valence-corrected chi connectivity index (χ4v) is 4.87. The van der Waals surface area contributed by atoms with Crippen molar-refractivity contribution in [3.05, 3.63) is 78.9 Å². The van der Waals surface area contributed by atoms with Gasteiger partial charge in [0.2, 0.25) is 0 Å². The zero-order chi connectivity index (χ0) is 21.8. The van der Waals surface area contributed by atoms with Gasteiger partial charge in [-0.25, -0.2) is 4.98 Å². The third-order valence-corrected chi connectivity index (χ3v) is 6.29. The number of hydrogen-bond acceptors (Lipinski definition) is 3. The minimum Gasteiger partial charge on any atom is -0.398 e. The van der Waals surface area contributed by atoms with Crippen molar-refractivity contribution in [1.29, 1.82) is 0 Å². The van der Waals surface area contributed by atoms with Gasteiger partial charge in [-0.2, -0.15) is 0 Å². The number of nitrogens with zero attached hydrogens (tertiary/aromatic N) is 2. The van der Waals surface area contributed by atoms with Gasteiger partial charge in [0.25, 0.3) is 0 Å². The number of para-hydroxylation sites is 3. The summed E-state index contributed by atoms with van der Waals surface area (Å²) in [5.74, 6) is 0.757. The molecule has 0 fully saturated rings. The van der Waals surface area contributed by atoms with Crippen LogP contribution in [0.3, 0.4) is 0 Å². The molecule has 0 spiro atoms. The molecule has 0 aliphatic heterocycles. The lowest BCUT2D eigenvalue weighted by molar-refractivity contribution is 0.827. The first-order valence-corrected chi connectivity index (χ1v) is 10.8.